The fourth-order valence-electron chi connectivity index (χ4n) is 1.86. The Kier molecular flexibility index (Phi) is 4.61. The number of nitrogens with one attached hydrogen (secondary N) is 1. The number of anilines is 1. The Bertz CT molecular complexity index is 559. The first-order valence-corrected chi connectivity index (χ1v) is 6.33. The highest BCUT2D eigenvalue weighted by atomic mass is 16.6. The van der Waals surface area contributed by atoms with Crippen LogP contribution in [0.15, 0.2) is 18.2 Å². The number of aryl methyl sites for hydroxylation is 1. The van der Waals surface area contributed by atoms with Crippen molar-refractivity contribution in [3.8, 4) is 18.1 Å². The standard InChI is InChI=1S/C15H15NO4/c1-2-3-8-19-15(18)10-20-12-5-6-13-11(9-12)4-7-14(17)16-13/h1,5-6,9H,3-4,7-8,10H2,(H,16,17). The molecule has 0 fully saturated rings. The number of ether oxygens (including phenoxy) is 2. The number of hydrogen-bond donors (Lipinski definition) is 1. The van der Waals surface area contributed by atoms with Crippen LogP contribution in [0.25, 0.3) is 0 Å². The summed E-state index contributed by atoms with van der Waals surface area (Å²) in [4.78, 5) is 22.6. The van der Waals surface area contributed by atoms with Crippen LogP contribution in [0, 0.1) is 12.3 Å². The molecule has 1 aliphatic heterocycles. The van der Waals surface area contributed by atoms with Crippen molar-refractivity contribution in [3.63, 3.8) is 0 Å². The van der Waals surface area contributed by atoms with E-state index in [-0.39, 0.29) is 19.1 Å². The van der Waals surface area contributed by atoms with Gasteiger partial charge in [0.1, 0.15) is 12.4 Å². The van der Waals surface area contributed by atoms with E-state index in [1.165, 1.54) is 0 Å². The molecule has 0 aliphatic carbocycles. The van der Waals surface area contributed by atoms with Crippen LogP contribution in [0.5, 0.6) is 5.75 Å². The smallest absolute Gasteiger partial charge is 0.344 e. The molecule has 1 aromatic carbocycles. The zero-order valence-electron chi connectivity index (χ0n) is 11.0. The van der Waals surface area contributed by atoms with E-state index in [1.807, 2.05) is 6.07 Å². The van der Waals surface area contributed by atoms with E-state index >= 15 is 0 Å². The molecule has 20 heavy (non-hydrogen) atoms. The van der Waals surface area contributed by atoms with Gasteiger partial charge in [0.2, 0.25) is 5.91 Å². The molecule has 0 atom stereocenters. The van der Waals surface area contributed by atoms with Gasteiger partial charge in [-0.1, -0.05) is 0 Å². The Labute approximate surface area is 117 Å². The van der Waals surface area contributed by atoms with Crippen molar-refractivity contribution in [1.82, 2.24) is 0 Å². The molecule has 0 aromatic heterocycles. The van der Waals surface area contributed by atoms with Crippen LogP contribution in [-0.2, 0) is 20.7 Å². The second kappa shape index (κ2) is 6.62. The normalized spacial score (nSPS) is 12.8. The molecular formula is C15H15NO4. The van der Waals surface area contributed by atoms with Gasteiger partial charge in [0.25, 0.3) is 0 Å². The van der Waals surface area contributed by atoms with Crippen LogP contribution in [0.1, 0.15) is 18.4 Å². The van der Waals surface area contributed by atoms with E-state index in [1.54, 1.807) is 12.1 Å². The van der Waals surface area contributed by atoms with E-state index in [2.05, 4.69) is 11.2 Å². The molecular weight excluding hydrogens is 258 g/mol. The number of esters is 1. The molecule has 0 spiro atoms. The van der Waals surface area contributed by atoms with Gasteiger partial charge in [-0.25, -0.2) is 4.79 Å². The van der Waals surface area contributed by atoms with Gasteiger partial charge in [0, 0.05) is 18.5 Å². The van der Waals surface area contributed by atoms with Crippen LogP contribution >= 0.6 is 0 Å². The minimum Gasteiger partial charge on any atom is -0.482 e. The number of carbonyl (C=O) groups excluding carboxylic acids is 2. The van der Waals surface area contributed by atoms with Gasteiger partial charge in [-0.15, -0.1) is 12.3 Å². The number of hydrogen-bond acceptors (Lipinski definition) is 4. The minimum atomic E-state index is -0.453. The lowest BCUT2D eigenvalue weighted by Gasteiger charge is -2.17. The number of fused-ring (bicyclic) bond motifs is 1. The van der Waals surface area contributed by atoms with Gasteiger partial charge in [-0.2, -0.15) is 0 Å². The van der Waals surface area contributed by atoms with Crippen molar-refractivity contribution in [3.05, 3.63) is 23.8 Å². The van der Waals surface area contributed by atoms with Crippen LogP contribution in [-0.4, -0.2) is 25.1 Å². The molecule has 0 saturated heterocycles. The van der Waals surface area contributed by atoms with Crippen molar-refractivity contribution in [2.45, 2.75) is 19.3 Å². The number of terminal acetylenes is 1. The maximum atomic E-state index is 11.4. The topological polar surface area (TPSA) is 64.6 Å². The third kappa shape index (κ3) is 3.75. The SMILES string of the molecule is C#CCCOC(=O)COc1ccc2c(c1)CCC(=O)N2. The summed E-state index contributed by atoms with van der Waals surface area (Å²) in [5.74, 6) is 2.52. The lowest BCUT2D eigenvalue weighted by molar-refractivity contribution is -0.145. The predicted molar refractivity (Wildman–Crippen MR) is 73.3 cm³/mol. The molecule has 5 nitrogen and oxygen atoms in total. The fraction of sp³-hybridized carbons (Fsp3) is 0.333. The second-order valence-electron chi connectivity index (χ2n) is 4.33. The highest BCUT2D eigenvalue weighted by Gasteiger charge is 2.15. The molecule has 0 bridgehead atoms. The summed E-state index contributed by atoms with van der Waals surface area (Å²) >= 11 is 0. The van der Waals surface area contributed by atoms with E-state index in [0.29, 0.717) is 25.0 Å². The molecule has 1 aromatic rings. The Hall–Kier alpha value is -2.48. The minimum absolute atomic E-state index is 0.0169. The Morgan fingerprint density at radius 3 is 3.05 bits per heavy atom. The van der Waals surface area contributed by atoms with E-state index in [9.17, 15) is 9.59 Å². The third-order valence-electron chi connectivity index (χ3n) is 2.84. The van der Waals surface area contributed by atoms with Crippen molar-refractivity contribution in [1.29, 1.82) is 0 Å². The van der Waals surface area contributed by atoms with E-state index < -0.39 is 5.97 Å². The number of benzene rings is 1. The van der Waals surface area contributed by atoms with Gasteiger partial charge >= 0.3 is 5.97 Å². The summed E-state index contributed by atoms with van der Waals surface area (Å²) in [7, 11) is 0. The number of carbonyl (C=O) groups is 2. The van der Waals surface area contributed by atoms with Crippen molar-refractivity contribution in [2.24, 2.45) is 0 Å². The van der Waals surface area contributed by atoms with E-state index in [0.717, 1.165) is 11.3 Å². The Balaban J connectivity index is 1.86. The van der Waals surface area contributed by atoms with Gasteiger partial charge in [0.05, 0.1) is 0 Å². The zero-order valence-corrected chi connectivity index (χ0v) is 11.0. The summed E-state index contributed by atoms with van der Waals surface area (Å²) in [6.07, 6.45) is 6.58. The average Bonchev–Trinajstić information content (AvgIpc) is 2.45. The Morgan fingerprint density at radius 2 is 2.25 bits per heavy atom. The van der Waals surface area contributed by atoms with Gasteiger partial charge < -0.3 is 14.8 Å². The average molecular weight is 273 g/mol. The van der Waals surface area contributed by atoms with Crippen molar-refractivity contribution >= 4 is 17.6 Å². The molecule has 1 N–H and O–H groups in total. The Morgan fingerprint density at radius 1 is 1.40 bits per heavy atom. The molecule has 0 saturated carbocycles. The molecule has 1 heterocycles. The van der Waals surface area contributed by atoms with Gasteiger partial charge in [-0.3, -0.25) is 4.79 Å². The summed E-state index contributed by atoms with van der Waals surface area (Å²) in [6.45, 7) is 0.0463. The quantitative estimate of drug-likeness (QED) is 0.502. The second-order valence-corrected chi connectivity index (χ2v) is 4.33. The summed E-state index contributed by atoms with van der Waals surface area (Å²) in [5, 5.41) is 2.78. The number of rotatable bonds is 5. The lowest BCUT2D eigenvalue weighted by Crippen LogP contribution is -2.19. The summed E-state index contributed by atoms with van der Waals surface area (Å²) in [5.41, 5.74) is 1.80. The van der Waals surface area contributed by atoms with Gasteiger partial charge in [0.15, 0.2) is 6.61 Å². The van der Waals surface area contributed by atoms with Gasteiger partial charge in [-0.05, 0) is 30.2 Å². The first-order chi connectivity index (χ1) is 9.69. The van der Waals surface area contributed by atoms with Crippen molar-refractivity contribution < 1.29 is 19.1 Å². The van der Waals surface area contributed by atoms with E-state index in [4.69, 9.17) is 15.9 Å². The molecule has 0 radical (unpaired) electrons. The third-order valence-corrected chi connectivity index (χ3v) is 2.84. The van der Waals surface area contributed by atoms with Crippen LogP contribution in [0.3, 0.4) is 0 Å². The summed E-state index contributed by atoms with van der Waals surface area (Å²) < 4.78 is 10.2. The van der Waals surface area contributed by atoms with Crippen LogP contribution < -0.4 is 10.1 Å². The highest BCUT2D eigenvalue weighted by Crippen LogP contribution is 2.26. The molecule has 1 aliphatic rings. The number of amides is 1. The van der Waals surface area contributed by atoms with Crippen molar-refractivity contribution in [2.75, 3.05) is 18.5 Å². The largest absolute Gasteiger partial charge is 0.482 e. The maximum Gasteiger partial charge on any atom is 0.344 e. The predicted octanol–water partition coefficient (Wildman–Crippen LogP) is 1.52. The first kappa shape index (κ1) is 13.9. The molecule has 0 unspecified atom stereocenters. The lowest BCUT2D eigenvalue weighted by atomic mass is 10.0. The first-order valence-electron chi connectivity index (χ1n) is 6.33. The summed E-state index contributed by atoms with van der Waals surface area (Å²) in [6, 6.07) is 5.30. The highest BCUT2D eigenvalue weighted by molar-refractivity contribution is 5.94. The molecule has 1 amide bonds. The molecule has 5 heteroatoms. The van der Waals surface area contributed by atoms with Crippen LogP contribution in [0.2, 0.25) is 0 Å². The molecule has 2 rings (SSSR count). The monoisotopic (exact) mass is 273 g/mol. The fourth-order valence-corrected chi connectivity index (χ4v) is 1.86. The molecule has 104 valence electrons. The van der Waals surface area contributed by atoms with Crippen LogP contribution in [0.4, 0.5) is 5.69 Å². The zero-order chi connectivity index (χ0) is 14.4. The maximum absolute atomic E-state index is 11.4.